The van der Waals surface area contributed by atoms with Crippen LogP contribution in [0.4, 0.5) is 0 Å². The van der Waals surface area contributed by atoms with Crippen LogP contribution >= 0.6 is 0 Å². The molecule has 104 valence electrons. The van der Waals surface area contributed by atoms with Crippen LogP contribution in [0, 0.1) is 5.92 Å². The predicted molar refractivity (Wildman–Crippen MR) is 74.2 cm³/mol. The Balaban J connectivity index is 1.70. The molecule has 0 aromatic heterocycles. The number of carbonyl (C=O) groups is 1. The van der Waals surface area contributed by atoms with Crippen LogP contribution in [0.5, 0.6) is 0 Å². The maximum Gasteiger partial charge on any atom is 0.222 e. The SMILES string of the molecule is CN(C(=O)CCC1CCCC(N)C1)C1CCCC1. The lowest BCUT2D eigenvalue weighted by Gasteiger charge is -2.28. The largest absolute Gasteiger partial charge is 0.343 e. The number of nitrogens with two attached hydrogens (primary N) is 1. The first kappa shape index (κ1) is 13.9. The lowest BCUT2D eigenvalue weighted by atomic mass is 9.83. The van der Waals surface area contributed by atoms with Crippen molar-refractivity contribution in [3.63, 3.8) is 0 Å². The summed E-state index contributed by atoms with van der Waals surface area (Å²) in [5, 5.41) is 0. The standard InChI is InChI=1S/C15H28N2O/c1-17(14-7-2-3-8-14)15(18)10-9-12-5-4-6-13(16)11-12/h12-14H,2-11,16H2,1H3. The smallest absolute Gasteiger partial charge is 0.222 e. The summed E-state index contributed by atoms with van der Waals surface area (Å²) in [6.45, 7) is 0. The number of carbonyl (C=O) groups excluding carboxylic acids is 1. The maximum absolute atomic E-state index is 12.1. The monoisotopic (exact) mass is 252 g/mol. The van der Waals surface area contributed by atoms with Crippen molar-refractivity contribution in [1.82, 2.24) is 4.90 Å². The average Bonchev–Trinajstić information content (AvgIpc) is 2.89. The summed E-state index contributed by atoms with van der Waals surface area (Å²) < 4.78 is 0. The van der Waals surface area contributed by atoms with Gasteiger partial charge in [0.2, 0.25) is 5.91 Å². The number of hydrogen-bond donors (Lipinski definition) is 1. The molecular formula is C15H28N2O. The fraction of sp³-hybridized carbons (Fsp3) is 0.933. The van der Waals surface area contributed by atoms with Crippen molar-refractivity contribution in [2.45, 2.75) is 76.3 Å². The minimum Gasteiger partial charge on any atom is -0.343 e. The normalized spacial score (nSPS) is 29.4. The first-order chi connectivity index (χ1) is 8.66. The lowest BCUT2D eigenvalue weighted by molar-refractivity contribution is -0.132. The van der Waals surface area contributed by atoms with E-state index in [1.165, 1.54) is 44.9 Å². The molecule has 0 aromatic carbocycles. The summed E-state index contributed by atoms with van der Waals surface area (Å²) in [6, 6.07) is 0.900. The van der Waals surface area contributed by atoms with Crippen LogP contribution in [0.1, 0.15) is 64.2 Å². The van der Waals surface area contributed by atoms with E-state index < -0.39 is 0 Å². The van der Waals surface area contributed by atoms with Gasteiger partial charge in [0.05, 0.1) is 0 Å². The molecule has 0 saturated heterocycles. The van der Waals surface area contributed by atoms with E-state index in [-0.39, 0.29) is 0 Å². The molecule has 2 N–H and O–H groups in total. The molecule has 0 spiro atoms. The highest BCUT2D eigenvalue weighted by atomic mass is 16.2. The van der Waals surface area contributed by atoms with E-state index in [0.29, 0.717) is 23.9 Å². The van der Waals surface area contributed by atoms with Crippen molar-refractivity contribution < 1.29 is 4.79 Å². The van der Waals surface area contributed by atoms with Gasteiger partial charge < -0.3 is 10.6 Å². The Kier molecular flexibility index (Phi) is 5.04. The molecule has 0 bridgehead atoms. The van der Waals surface area contributed by atoms with Crippen LogP contribution in [0.3, 0.4) is 0 Å². The van der Waals surface area contributed by atoms with Crippen LogP contribution in [-0.2, 0) is 4.79 Å². The summed E-state index contributed by atoms with van der Waals surface area (Å²) in [5.41, 5.74) is 6.00. The van der Waals surface area contributed by atoms with Gasteiger partial charge >= 0.3 is 0 Å². The predicted octanol–water partition coefficient (Wildman–Crippen LogP) is 2.69. The molecule has 2 aliphatic carbocycles. The van der Waals surface area contributed by atoms with Gasteiger partial charge in [0.25, 0.3) is 0 Å². The Morgan fingerprint density at radius 2 is 1.89 bits per heavy atom. The molecule has 0 aliphatic heterocycles. The molecule has 2 rings (SSSR count). The number of nitrogens with zero attached hydrogens (tertiary/aromatic N) is 1. The van der Waals surface area contributed by atoms with Crippen molar-refractivity contribution in [2.75, 3.05) is 7.05 Å². The third-order valence-electron chi connectivity index (χ3n) is 4.86. The van der Waals surface area contributed by atoms with E-state index >= 15 is 0 Å². The van der Waals surface area contributed by atoms with Crippen LogP contribution in [0.25, 0.3) is 0 Å². The molecular weight excluding hydrogens is 224 g/mol. The summed E-state index contributed by atoms with van der Waals surface area (Å²) >= 11 is 0. The Bertz CT molecular complexity index is 274. The van der Waals surface area contributed by atoms with E-state index in [4.69, 9.17) is 5.73 Å². The van der Waals surface area contributed by atoms with E-state index in [1.807, 2.05) is 11.9 Å². The Hall–Kier alpha value is -0.570. The summed E-state index contributed by atoms with van der Waals surface area (Å²) in [5.74, 6) is 1.04. The second kappa shape index (κ2) is 6.55. The molecule has 3 nitrogen and oxygen atoms in total. The molecule has 2 saturated carbocycles. The first-order valence-electron chi connectivity index (χ1n) is 7.68. The first-order valence-corrected chi connectivity index (χ1v) is 7.68. The second-order valence-corrected chi connectivity index (χ2v) is 6.27. The molecule has 2 fully saturated rings. The van der Waals surface area contributed by atoms with Crippen molar-refractivity contribution in [3.05, 3.63) is 0 Å². The number of rotatable bonds is 4. The summed E-state index contributed by atoms with van der Waals surface area (Å²) in [6.07, 6.45) is 11.6. The number of amides is 1. The van der Waals surface area contributed by atoms with Gasteiger partial charge in [-0.2, -0.15) is 0 Å². The Labute approximate surface area is 111 Å². The van der Waals surface area contributed by atoms with Gasteiger partial charge in [-0.15, -0.1) is 0 Å². The topological polar surface area (TPSA) is 46.3 Å². The zero-order valence-corrected chi connectivity index (χ0v) is 11.7. The average molecular weight is 252 g/mol. The zero-order chi connectivity index (χ0) is 13.0. The molecule has 3 heteroatoms. The van der Waals surface area contributed by atoms with Crippen molar-refractivity contribution in [2.24, 2.45) is 11.7 Å². The van der Waals surface area contributed by atoms with E-state index in [9.17, 15) is 4.79 Å². The minimum absolute atomic E-state index is 0.348. The molecule has 0 radical (unpaired) electrons. The highest BCUT2D eigenvalue weighted by Crippen LogP contribution is 2.28. The Morgan fingerprint density at radius 1 is 1.17 bits per heavy atom. The fourth-order valence-electron chi connectivity index (χ4n) is 3.59. The van der Waals surface area contributed by atoms with Gasteiger partial charge in [0.15, 0.2) is 0 Å². The quantitative estimate of drug-likeness (QED) is 0.836. The van der Waals surface area contributed by atoms with Crippen LogP contribution in [0.2, 0.25) is 0 Å². The Morgan fingerprint density at radius 3 is 2.56 bits per heavy atom. The van der Waals surface area contributed by atoms with Gasteiger partial charge in [0.1, 0.15) is 0 Å². The highest BCUT2D eigenvalue weighted by Gasteiger charge is 2.25. The zero-order valence-electron chi connectivity index (χ0n) is 11.7. The highest BCUT2D eigenvalue weighted by molar-refractivity contribution is 5.76. The molecule has 2 unspecified atom stereocenters. The molecule has 1 amide bonds. The molecule has 2 aliphatic rings. The van der Waals surface area contributed by atoms with E-state index in [1.54, 1.807) is 0 Å². The van der Waals surface area contributed by atoms with Crippen molar-refractivity contribution in [1.29, 1.82) is 0 Å². The van der Waals surface area contributed by atoms with Gasteiger partial charge in [-0.25, -0.2) is 0 Å². The third-order valence-corrected chi connectivity index (χ3v) is 4.86. The van der Waals surface area contributed by atoms with Crippen molar-refractivity contribution >= 4 is 5.91 Å². The van der Waals surface area contributed by atoms with Gasteiger partial charge in [-0.1, -0.05) is 25.7 Å². The fourth-order valence-corrected chi connectivity index (χ4v) is 3.59. The number of hydrogen-bond acceptors (Lipinski definition) is 2. The molecule has 0 aromatic rings. The summed E-state index contributed by atoms with van der Waals surface area (Å²) in [4.78, 5) is 14.2. The van der Waals surface area contributed by atoms with Gasteiger partial charge in [-0.05, 0) is 38.0 Å². The molecule has 0 heterocycles. The van der Waals surface area contributed by atoms with E-state index in [2.05, 4.69) is 0 Å². The van der Waals surface area contributed by atoms with Gasteiger partial charge in [0, 0.05) is 25.6 Å². The van der Waals surface area contributed by atoms with Crippen LogP contribution in [-0.4, -0.2) is 29.9 Å². The third kappa shape index (κ3) is 3.71. The van der Waals surface area contributed by atoms with Crippen LogP contribution in [0.15, 0.2) is 0 Å². The molecule has 18 heavy (non-hydrogen) atoms. The molecule has 2 atom stereocenters. The lowest BCUT2D eigenvalue weighted by Crippen LogP contribution is -2.35. The summed E-state index contributed by atoms with van der Waals surface area (Å²) in [7, 11) is 1.99. The second-order valence-electron chi connectivity index (χ2n) is 6.27. The van der Waals surface area contributed by atoms with Gasteiger partial charge in [-0.3, -0.25) is 4.79 Å². The maximum atomic E-state index is 12.1. The minimum atomic E-state index is 0.348. The van der Waals surface area contributed by atoms with Crippen molar-refractivity contribution in [3.8, 4) is 0 Å². The van der Waals surface area contributed by atoms with Crippen LogP contribution < -0.4 is 5.73 Å². The van der Waals surface area contributed by atoms with E-state index in [0.717, 1.165) is 19.3 Å².